The number of rotatable bonds is 6. The molecule has 2 rings (SSSR count). The number of hydrogen-bond donors (Lipinski definition) is 2. The molecule has 4 nitrogen and oxygen atoms in total. The standard InChI is InChI=1S/C16H23N3O.HI/c1-12(2)10-18-16(17)19-11-13-6-3-4-9-15(13)20-14-7-5-8-14;/h3-4,6,9,14H,1,5,7-8,10-11H2,2H3,(H3,17,18,19);1H. The summed E-state index contributed by atoms with van der Waals surface area (Å²) in [5, 5.41) is 3.02. The van der Waals surface area contributed by atoms with Crippen LogP contribution in [0.4, 0.5) is 0 Å². The van der Waals surface area contributed by atoms with E-state index in [1.807, 2.05) is 31.2 Å². The highest BCUT2D eigenvalue weighted by molar-refractivity contribution is 14.0. The van der Waals surface area contributed by atoms with Crippen molar-refractivity contribution in [2.75, 3.05) is 6.54 Å². The third-order valence-electron chi connectivity index (χ3n) is 3.31. The largest absolute Gasteiger partial charge is 0.490 e. The van der Waals surface area contributed by atoms with E-state index in [-0.39, 0.29) is 24.0 Å². The van der Waals surface area contributed by atoms with E-state index < -0.39 is 0 Å². The van der Waals surface area contributed by atoms with Gasteiger partial charge < -0.3 is 15.8 Å². The zero-order valence-electron chi connectivity index (χ0n) is 12.5. The zero-order valence-corrected chi connectivity index (χ0v) is 14.8. The van der Waals surface area contributed by atoms with Gasteiger partial charge in [0.1, 0.15) is 5.75 Å². The number of aliphatic imine (C=N–C) groups is 1. The highest BCUT2D eigenvalue weighted by Gasteiger charge is 2.19. The Hall–Kier alpha value is -1.24. The molecule has 0 amide bonds. The van der Waals surface area contributed by atoms with Crippen LogP contribution in [-0.2, 0) is 6.54 Å². The van der Waals surface area contributed by atoms with Crippen LogP contribution in [0.5, 0.6) is 5.75 Å². The molecule has 0 saturated heterocycles. The third kappa shape index (κ3) is 5.95. The minimum absolute atomic E-state index is 0. The summed E-state index contributed by atoms with van der Waals surface area (Å²) in [7, 11) is 0. The topological polar surface area (TPSA) is 59.6 Å². The van der Waals surface area contributed by atoms with Gasteiger partial charge in [0.2, 0.25) is 0 Å². The van der Waals surface area contributed by atoms with Crippen molar-refractivity contribution in [3.8, 4) is 5.75 Å². The fourth-order valence-electron chi connectivity index (χ4n) is 1.89. The van der Waals surface area contributed by atoms with Gasteiger partial charge in [0, 0.05) is 12.1 Å². The van der Waals surface area contributed by atoms with Crippen molar-refractivity contribution in [1.29, 1.82) is 0 Å². The lowest BCUT2D eigenvalue weighted by Gasteiger charge is -2.27. The molecule has 1 saturated carbocycles. The van der Waals surface area contributed by atoms with Crippen LogP contribution >= 0.6 is 24.0 Å². The molecule has 3 N–H and O–H groups in total. The lowest BCUT2D eigenvalue weighted by molar-refractivity contribution is 0.119. The number of para-hydroxylation sites is 1. The van der Waals surface area contributed by atoms with Gasteiger partial charge in [-0.25, -0.2) is 4.99 Å². The van der Waals surface area contributed by atoms with Crippen molar-refractivity contribution < 1.29 is 4.74 Å². The molecule has 0 unspecified atom stereocenters. The molecular formula is C16H24IN3O. The lowest BCUT2D eigenvalue weighted by Crippen LogP contribution is -2.32. The molecule has 1 fully saturated rings. The molecule has 0 heterocycles. The van der Waals surface area contributed by atoms with Crippen LogP contribution in [0.15, 0.2) is 41.4 Å². The van der Waals surface area contributed by atoms with E-state index in [0.717, 1.165) is 29.7 Å². The first-order chi connectivity index (χ1) is 9.65. The predicted octanol–water partition coefficient (Wildman–Crippen LogP) is 3.22. The second-order valence-corrected chi connectivity index (χ2v) is 5.29. The maximum atomic E-state index is 5.97. The number of nitrogens with one attached hydrogen (secondary N) is 1. The zero-order chi connectivity index (χ0) is 14.4. The lowest BCUT2D eigenvalue weighted by atomic mass is 9.96. The van der Waals surface area contributed by atoms with Crippen LogP contribution in [0, 0.1) is 0 Å². The number of nitrogens with zero attached hydrogens (tertiary/aromatic N) is 1. The first-order valence-electron chi connectivity index (χ1n) is 7.08. The maximum Gasteiger partial charge on any atom is 0.189 e. The minimum atomic E-state index is 0. The molecule has 21 heavy (non-hydrogen) atoms. The summed E-state index contributed by atoms with van der Waals surface area (Å²) in [6.45, 7) is 6.94. The molecule has 0 aromatic heterocycles. The van der Waals surface area contributed by atoms with E-state index in [1.54, 1.807) is 0 Å². The van der Waals surface area contributed by atoms with E-state index in [2.05, 4.69) is 16.9 Å². The predicted molar refractivity (Wildman–Crippen MR) is 98.3 cm³/mol. The Kier molecular flexibility index (Phi) is 7.56. The van der Waals surface area contributed by atoms with Crippen molar-refractivity contribution in [3.05, 3.63) is 42.0 Å². The number of guanidine groups is 1. The van der Waals surface area contributed by atoms with Crippen LogP contribution in [0.3, 0.4) is 0 Å². The quantitative estimate of drug-likeness (QED) is 0.333. The molecule has 0 spiro atoms. The van der Waals surface area contributed by atoms with Crippen molar-refractivity contribution in [3.63, 3.8) is 0 Å². The monoisotopic (exact) mass is 401 g/mol. The molecule has 116 valence electrons. The fourth-order valence-corrected chi connectivity index (χ4v) is 1.89. The van der Waals surface area contributed by atoms with Gasteiger partial charge in [0.15, 0.2) is 5.96 Å². The summed E-state index contributed by atoms with van der Waals surface area (Å²) < 4.78 is 5.97. The highest BCUT2D eigenvalue weighted by Crippen LogP contribution is 2.27. The first-order valence-corrected chi connectivity index (χ1v) is 7.08. The maximum absolute atomic E-state index is 5.97. The van der Waals surface area contributed by atoms with Crippen LogP contribution in [-0.4, -0.2) is 18.6 Å². The van der Waals surface area contributed by atoms with Crippen LogP contribution in [0.2, 0.25) is 0 Å². The van der Waals surface area contributed by atoms with Gasteiger partial charge in [0.25, 0.3) is 0 Å². The fraction of sp³-hybridized carbons (Fsp3) is 0.438. The normalized spacial score (nSPS) is 14.8. The van der Waals surface area contributed by atoms with Gasteiger partial charge in [-0.2, -0.15) is 0 Å². The molecule has 0 radical (unpaired) electrons. The number of halogens is 1. The van der Waals surface area contributed by atoms with Crippen molar-refractivity contribution >= 4 is 29.9 Å². The summed E-state index contributed by atoms with van der Waals surface area (Å²) in [5.41, 5.74) is 7.91. The number of benzene rings is 1. The van der Waals surface area contributed by atoms with Gasteiger partial charge in [-0.3, -0.25) is 0 Å². The van der Waals surface area contributed by atoms with Crippen molar-refractivity contribution in [2.24, 2.45) is 10.7 Å². The first kappa shape index (κ1) is 17.8. The summed E-state index contributed by atoms with van der Waals surface area (Å²) in [6, 6.07) is 8.02. The smallest absolute Gasteiger partial charge is 0.189 e. The minimum Gasteiger partial charge on any atom is -0.490 e. The molecule has 1 aliphatic rings. The van der Waals surface area contributed by atoms with Crippen LogP contribution < -0.4 is 15.8 Å². The summed E-state index contributed by atoms with van der Waals surface area (Å²) in [4.78, 5) is 4.34. The SMILES string of the molecule is C=C(C)CNC(N)=NCc1ccccc1OC1CCC1.I. The third-order valence-corrected chi connectivity index (χ3v) is 3.31. The summed E-state index contributed by atoms with van der Waals surface area (Å²) in [6.07, 6.45) is 3.95. The Morgan fingerprint density at radius 2 is 2.14 bits per heavy atom. The van der Waals surface area contributed by atoms with Crippen LogP contribution in [0.25, 0.3) is 0 Å². The summed E-state index contributed by atoms with van der Waals surface area (Å²) >= 11 is 0. The molecule has 1 aromatic rings. The molecule has 0 atom stereocenters. The van der Waals surface area contributed by atoms with Gasteiger partial charge >= 0.3 is 0 Å². The Morgan fingerprint density at radius 3 is 2.76 bits per heavy atom. The van der Waals surface area contributed by atoms with Gasteiger partial charge in [-0.05, 0) is 32.3 Å². The average Bonchev–Trinajstić information content (AvgIpc) is 2.39. The number of nitrogens with two attached hydrogens (primary N) is 1. The van der Waals surface area contributed by atoms with E-state index in [4.69, 9.17) is 10.5 Å². The van der Waals surface area contributed by atoms with Crippen molar-refractivity contribution in [2.45, 2.75) is 38.8 Å². The van der Waals surface area contributed by atoms with Gasteiger partial charge in [-0.1, -0.05) is 30.4 Å². The van der Waals surface area contributed by atoms with Gasteiger partial charge in [-0.15, -0.1) is 24.0 Å². The Labute approximate surface area is 143 Å². The van der Waals surface area contributed by atoms with E-state index in [0.29, 0.717) is 25.2 Å². The Balaban J connectivity index is 0.00000220. The highest BCUT2D eigenvalue weighted by atomic mass is 127. The second kappa shape index (κ2) is 8.92. The average molecular weight is 401 g/mol. The van der Waals surface area contributed by atoms with Crippen molar-refractivity contribution in [1.82, 2.24) is 5.32 Å². The van der Waals surface area contributed by atoms with Gasteiger partial charge in [0.05, 0.1) is 12.6 Å². The molecule has 0 aliphatic heterocycles. The molecular weight excluding hydrogens is 377 g/mol. The van der Waals surface area contributed by atoms with E-state index in [1.165, 1.54) is 6.42 Å². The molecule has 1 aliphatic carbocycles. The Morgan fingerprint density at radius 1 is 1.43 bits per heavy atom. The second-order valence-electron chi connectivity index (χ2n) is 5.29. The molecule has 0 bridgehead atoms. The van der Waals surface area contributed by atoms with Crippen LogP contribution in [0.1, 0.15) is 31.7 Å². The number of hydrogen-bond acceptors (Lipinski definition) is 2. The van der Waals surface area contributed by atoms with E-state index >= 15 is 0 Å². The van der Waals surface area contributed by atoms with E-state index in [9.17, 15) is 0 Å². The molecule has 5 heteroatoms. The summed E-state index contributed by atoms with van der Waals surface area (Å²) in [5.74, 6) is 1.36. The molecule has 1 aromatic carbocycles. The Bertz CT molecular complexity index is 498. The number of ether oxygens (including phenoxy) is 1.